The van der Waals surface area contributed by atoms with Crippen molar-refractivity contribution in [3.05, 3.63) is 53.5 Å². The van der Waals surface area contributed by atoms with Gasteiger partial charge in [-0.2, -0.15) is 10.4 Å². The summed E-state index contributed by atoms with van der Waals surface area (Å²) in [7, 11) is -1.46. The maximum Gasteiger partial charge on any atom is 0.472 e. The Balaban J connectivity index is 1.39. The monoisotopic (exact) mass is 801 g/mol. The number of anilines is 1. The van der Waals surface area contributed by atoms with E-state index in [2.05, 4.69) is 23.1 Å². The third kappa shape index (κ3) is 18.0. The number of phosphoric ester groups is 1. The van der Waals surface area contributed by atoms with E-state index in [1.165, 1.54) is 110 Å². The molecule has 14 heteroatoms. The highest BCUT2D eigenvalue weighted by Gasteiger charge is 2.31. The van der Waals surface area contributed by atoms with Crippen LogP contribution < -0.4 is 10.5 Å². The van der Waals surface area contributed by atoms with Crippen molar-refractivity contribution in [1.82, 2.24) is 14.6 Å². The number of nitrogens with two attached hydrogens (primary N) is 1. The molecule has 0 aliphatic rings. The van der Waals surface area contributed by atoms with E-state index in [1.807, 2.05) is 12.1 Å². The Bertz CT molecular complexity index is 1620. The number of fused-ring (bicyclic) bond motifs is 1. The van der Waals surface area contributed by atoms with Crippen LogP contribution in [0, 0.1) is 11.3 Å². The van der Waals surface area contributed by atoms with Crippen LogP contribution in [0.15, 0.2) is 36.7 Å². The number of hydrogen-bond acceptors (Lipinski definition) is 11. The van der Waals surface area contributed by atoms with Gasteiger partial charge in [0.05, 0.1) is 44.7 Å². The van der Waals surface area contributed by atoms with Crippen molar-refractivity contribution in [1.29, 1.82) is 5.26 Å². The summed E-state index contributed by atoms with van der Waals surface area (Å²) in [5.41, 5.74) is 7.79. The molecular formula is C42H68N5O8P. The number of nitriles is 1. The number of ether oxygens (including phenoxy) is 4. The van der Waals surface area contributed by atoms with Crippen molar-refractivity contribution in [2.75, 3.05) is 46.4 Å². The number of phosphoric acid groups is 1. The third-order valence-corrected chi connectivity index (χ3v) is 11.2. The highest BCUT2D eigenvalue weighted by Crippen LogP contribution is 2.44. The predicted octanol–water partition coefficient (Wildman–Crippen LogP) is 9.53. The zero-order valence-electron chi connectivity index (χ0n) is 34.4. The largest absolute Gasteiger partial charge is 0.495 e. The van der Waals surface area contributed by atoms with Gasteiger partial charge in [-0.15, -0.1) is 0 Å². The highest BCUT2D eigenvalue weighted by atomic mass is 31.2. The lowest BCUT2D eigenvalue weighted by Crippen LogP contribution is -2.34. The first kappa shape index (κ1) is 47.3. The number of aromatic nitrogens is 3. The molecule has 1 aromatic carbocycles. The van der Waals surface area contributed by atoms with Crippen LogP contribution in [0.5, 0.6) is 5.75 Å². The average molecular weight is 802 g/mol. The molecule has 3 atom stereocenters. The number of nitrogens with zero attached hydrogens (tertiary/aromatic N) is 4. The maximum atomic E-state index is 13.1. The molecule has 13 nitrogen and oxygen atoms in total. The van der Waals surface area contributed by atoms with Crippen LogP contribution in [0.25, 0.3) is 5.52 Å². The first-order valence-corrected chi connectivity index (χ1v) is 22.1. The van der Waals surface area contributed by atoms with Gasteiger partial charge < -0.3 is 29.6 Å². The fourth-order valence-electron chi connectivity index (χ4n) is 6.51. The fraction of sp³-hybridized carbons (Fsp3) is 0.690. The zero-order valence-corrected chi connectivity index (χ0v) is 35.3. The van der Waals surface area contributed by atoms with Crippen LogP contribution in [-0.2, 0) is 40.9 Å². The Labute approximate surface area is 335 Å². The second-order valence-corrected chi connectivity index (χ2v) is 16.4. The Morgan fingerprint density at radius 2 is 1.55 bits per heavy atom. The van der Waals surface area contributed by atoms with Crippen molar-refractivity contribution in [2.24, 2.45) is 0 Å². The molecule has 2 aromatic heterocycles. The minimum absolute atomic E-state index is 0.137. The van der Waals surface area contributed by atoms with Gasteiger partial charge >= 0.3 is 7.82 Å². The van der Waals surface area contributed by atoms with E-state index in [0.717, 1.165) is 24.1 Å². The number of aryl methyl sites for hydroxylation is 1. The SMILES string of the molecule is CCCCCCCCCCCCCCCCCCOC[C@H](COP(=O)(O)OC[C@](C)(CCc1ccc2c(N)ncnn12)OC)OCc1ccc(OC)c(C#N)c1. The number of methoxy groups -OCH3 is 2. The molecule has 0 bridgehead atoms. The summed E-state index contributed by atoms with van der Waals surface area (Å²) in [6, 6.07) is 11.1. The average Bonchev–Trinajstić information content (AvgIpc) is 3.63. The van der Waals surface area contributed by atoms with Gasteiger partial charge in [-0.3, -0.25) is 9.05 Å². The molecule has 1 unspecified atom stereocenters. The second-order valence-electron chi connectivity index (χ2n) is 14.9. The van der Waals surface area contributed by atoms with E-state index >= 15 is 0 Å². The summed E-state index contributed by atoms with van der Waals surface area (Å²) in [6.07, 6.45) is 22.5. The van der Waals surface area contributed by atoms with E-state index in [-0.39, 0.29) is 26.4 Å². The second kappa shape index (κ2) is 26.8. The molecule has 0 fully saturated rings. The molecule has 0 spiro atoms. The molecule has 0 saturated heterocycles. The van der Waals surface area contributed by atoms with E-state index in [4.69, 9.17) is 33.7 Å². The minimum atomic E-state index is -4.50. The molecule has 0 amide bonds. The van der Waals surface area contributed by atoms with Gasteiger partial charge in [0.1, 0.15) is 29.8 Å². The molecule has 56 heavy (non-hydrogen) atoms. The lowest BCUT2D eigenvalue weighted by molar-refractivity contribution is -0.0615. The topological polar surface area (TPSA) is 173 Å². The highest BCUT2D eigenvalue weighted by molar-refractivity contribution is 7.47. The number of hydrogen-bond donors (Lipinski definition) is 2. The van der Waals surface area contributed by atoms with Crippen LogP contribution in [-0.4, -0.2) is 71.8 Å². The van der Waals surface area contributed by atoms with Crippen molar-refractivity contribution < 1.29 is 37.5 Å². The Morgan fingerprint density at radius 1 is 0.911 bits per heavy atom. The van der Waals surface area contributed by atoms with Crippen LogP contribution >= 0.6 is 7.82 Å². The van der Waals surface area contributed by atoms with Crippen LogP contribution in [0.2, 0.25) is 0 Å². The van der Waals surface area contributed by atoms with Crippen LogP contribution in [0.1, 0.15) is 140 Å². The summed E-state index contributed by atoms with van der Waals surface area (Å²) >= 11 is 0. The number of benzene rings is 1. The summed E-state index contributed by atoms with van der Waals surface area (Å²) < 4.78 is 48.7. The Morgan fingerprint density at radius 3 is 2.16 bits per heavy atom. The van der Waals surface area contributed by atoms with E-state index in [0.29, 0.717) is 42.1 Å². The van der Waals surface area contributed by atoms with Crippen molar-refractivity contribution in [3.63, 3.8) is 0 Å². The summed E-state index contributed by atoms with van der Waals surface area (Å²) in [4.78, 5) is 14.7. The van der Waals surface area contributed by atoms with Gasteiger partial charge in [0.15, 0.2) is 5.82 Å². The molecule has 314 valence electrons. The van der Waals surface area contributed by atoms with Gasteiger partial charge in [0.25, 0.3) is 0 Å². The molecule has 3 aromatic rings. The van der Waals surface area contributed by atoms with E-state index < -0.39 is 19.5 Å². The normalized spacial score (nSPS) is 14.4. The van der Waals surface area contributed by atoms with Crippen LogP contribution in [0.3, 0.4) is 0 Å². The molecular weight excluding hydrogens is 733 g/mol. The van der Waals surface area contributed by atoms with E-state index in [1.54, 1.807) is 29.6 Å². The van der Waals surface area contributed by atoms with Gasteiger partial charge in [-0.25, -0.2) is 14.1 Å². The van der Waals surface area contributed by atoms with Gasteiger partial charge in [-0.1, -0.05) is 109 Å². The predicted molar refractivity (Wildman–Crippen MR) is 220 cm³/mol. The molecule has 0 radical (unpaired) electrons. The van der Waals surface area contributed by atoms with Gasteiger partial charge in [0.2, 0.25) is 0 Å². The van der Waals surface area contributed by atoms with E-state index in [9.17, 15) is 14.7 Å². The standard InChI is InChI=1S/C42H68N5O8P/c1-5-6-7-8-9-10-11-12-13-14-15-16-17-18-19-20-27-52-31-38(53-30-35-21-24-40(50-3)36(28-35)29-43)32-54-56(48,49)55-33-42(2,51-4)26-25-37-22-23-39-41(44)45-34-46-47(37)39/h21-24,28,34,38H,5-20,25-27,30-33H2,1-4H3,(H,48,49)(H2,44,45,46)/t38-,42+/m1/s1. The molecule has 3 N–H and O–H groups in total. The lowest BCUT2D eigenvalue weighted by Gasteiger charge is -2.29. The third-order valence-electron chi connectivity index (χ3n) is 10.2. The molecule has 0 aliphatic heterocycles. The molecule has 3 rings (SSSR count). The first-order valence-electron chi connectivity index (χ1n) is 20.6. The molecule has 0 aliphatic carbocycles. The number of unbranched alkanes of at least 4 members (excludes halogenated alkanes) is 15. The van der Waals surface area contributed by atoms with Crippen molar-refractivity contribution in [2.45, 2.75) is 148 Å². The quantitative estimate of drug-likeness (QED) is 0.0442. The van der Waals surface area contributed by atoms with Crippen molar-refractivity contribution >= 4 is 19.2 Å². The smallest absolute Gasteiger partial charge is 0.472 e. The molecule has 0 saturated carbocycles. The van der Waals surface area contributed by atoms with Gasteiger partial charge in [0, 0.05) is 19.4 Å². The lowest BCUT2D eigenvalue weighted by atomic mass is 10.00. The minimum Gasteiger partial charge on any atom is -0.495 e. The number of rotatable bonds is 33. The van der Waals surface area contributed by atoms with Gasteiger partial charge in [-0.05, 0) is 56.0 Å². The Hall–Kier alpha value is -3.08. The summed E-state index contributed by atoms with van der Waals surface area (Å²) in [5.74, 6) is 0.853. The summed E-state index contributed by atoms with van der Waals surface area (Å²) in [6.45, 7) is 4.48. The maximum absolute atomic E-state index is 13.1. The fourth-order valence-corrected chi connectivity index (χ4v) is 7.38. The van der Waals surface area contributed by atoms with Crippen molar-refractivity contribution in [3.8, 4) is 11.8 Å². The first-order chi connectivity index (χ1) is 27.1. The number of nitrogen functional groups attached to an aromatic ring is 1. The van der Waals surface area contributed by atoms with Crippen LogP contribution in [0.4, 0.5) is 5.82 Å². The molecule has 2 heterocycles. The Kier molecular flexibility index (Phi) is 22.6. The zero-order chi connectivity index (χ0) is 40.5. The summed E-state index contributed by atoms with van der Waals surface area (Å²) in [5, 5.41) is 13.8.